The lowest BCUT2D eigenvalue weighted by molar-refractivity contribution is -0.137. The molecular weight excluding hydrogens is 252 g/mol. The smallest absolute Gasteiger partial charge is 0.416 e. The first-order chi connectivity index (χ1) is 8.40. The number of carbonyl (C=O) groups is 1. The predicted octanol–water partition coefficient (Wildman–Crippen LogP) is 3.92. The van der Waals surface area contributed by atoms with Gasteiger partial charge in [0.15, 0.2) is 12.0 Å². The molecule has 2 nitrogen and oxygen atoms in total. The van der Waals surface area contributed by atoms with E-state index >= 15 is 0 Å². The zero-order valence-electron chi connectivity index (χ0n) is 8.79. The summed E-state index contributed by atoms with van der Waals surface area (Å²) in [4.78, 5) is 10.4. The zero-order valence-corrected chi connectivity index (χ0v) is 8.79. The van der Waals surface area contributed by atoms with Crippen molar-refractivity contribution in [3.8, 4) is 11.3 Å². The molecule has 0 saturated carbocycles. The fourth-order valence-electron chi connectivity index (χ4n) is 1.47. The first-order valence-electron chi connectivity index (χ1n) is 4.83. The third kappa shape index (κ3) is 2.42. The average Bonchev–Trinajstić information content (AvgIpc) is 2.75. The summed E-state index contributed by atoms with van der Waals surface area (Å²) in [6.07, 6.45) is -4.23. The van der Waals surface area contributed by atoms with Gasteiger partial charge in [0, 0.05) is 5.56 Å². The molecule has 0 radical (unpaired) electrons. The van der Waals surface area contributed by atoms with E-state index in [-0.39, 0.29) is 17.1 Å². The van der Waals surface area contributed by atoms with Gasteiger partial charge in [-0.3, -0.25) is 4.79 Å². The maximum Gasteiger partial charge on any atom is 0.416 e. The summed E-state index contributed by atoms with van der Waals surface area (Å²) < 4.78 is 55.5. The topological polar surface area (TPSA) is 30.2 Å². The Morgan fingerprint density at radius 2 is 1.83 bits per heavy atom. The van der Waals surface area contributed by atoms with Crippen LogP contribution >= 0.6 is 0 Å². The molecule has 0 amide bonds. The van der Waals surface area contributed by atoms with Gasteiger partial charge >= 0.3 is 6.18 Å². The van der Waals surface area contributed by atoms with Crippen molar-refractivity contribution in [1.29, 1.82) is 0 Å². The molecule has 1 heterocycles. The summed E-state index contributed by atoms with van der Waals surface area (Å²) in [7, 11) is 0. The molecule has 6 heteroatoms. The first kappa shape index (κ1) is 12.3. The fourth-order valence-corrected chi connectivity index (χ4v) is 1.47. The Morgan fingerprint density at radius 3 is 2.39 bits per heavy atom. The molecule has 0 saturated heterocycles. The molecule has 0 fully saturated rings. The van der Waals surface area contributed by atoms with Crippen LogP contribution in [0, 0.1) is 5.82 Å². The van der Waals surface area contributed by atoms with E-state index in [1.807, 2.05) is 0 Å². The summed E-state index contributed by atoms with van der Waals surface area (Å²) in [6, 6.07) is 4.66. The quantitative estimate of drug-likeness (QED) is 0.603. The van der Waals surface area contributed by atoms with Crippen LogP contribution < -0.4 is 0 Å². The van der Waals surface area contributed by atoms with Crippen LogP contribution in [0.5, 0.6) is 0 Å². The number of rotatable bonds is 2. The van der Waals surface area contributed by atoms with Crippen LogP contribution in [0.3, 0.4) is 0 Å². The van der Waals surface area contributed by atoms with Crippen LogP contribution in [0.1, 0.15) is 16.1 Å². The molecular formula is C12H6F4O2. The van der Waals surface area contributed by atoms with Gasteiger partial charge in [0.25, 0.3) is 0 Å². The summed E-state index contributed by atoms with van der Waals surface area (Å²) in [6.45, 7) is 0. The maximum atomic E-state index is 13.1. The Bertz CT molecular complexity index is 584. The number of carbonyl (C=O) groups excluding carboxylic acids is 1. The van der Waals surface area contributed by atoms with E-state index in [1.165, 1.54) is 12.1 Å². The molecule has 18 heavy (non-hydrogen) atoms. The van der Waals surface area contributed by atoms with Crippen molar-refractivity contribution in [3.05, 3.63) is 47.5 Å². The van der Waals surface area contributed by atoms with E-state index < -0.39 is 17.6 Å². The van der Waals surface area contributed by atoms with Gasteiger partial charge in [-0.15, -0.1) is 0 Å². The van der Waals surface area contributed by atoms with Crippen molar-refractivity contribution in [2.24, 2.45) is 0 Å². The monoisotopic (exact) mass is 258 g/mol. The van der Waals surface area contributed by atoms with Crippen molar-refractivity contribution in [2.45, 2.75) is 6.18 Å². The lowest BCUT2D eigenvalue weighted by atomic mass is 10.1. The molecule has 0 aliphatic carbocycles. The highest BCUT2D eigenvalue weighted by Crippen LogP contribution is 2.33. The second-order valence-electron chi connectivity index (χ2n) is 3.55. The van der Waals surface area contributed by atoms with Gasteiger partial charge in [-0.25, -0.2) is 4.39 Å². The Labute approximate surface area is 98.8 Å². The number of aldehydes is 1. The van der Waals surface area contributed by atoms with Crippen LogP contribution in [-0.4, -0.2) is 6.29 Å². The van der Waals surface area contributed by atoms with E-state index in [4.69, 9.17) is 4.42 Å². The van der Waals surface area contributed by atoms with Crippen LogP contribution in [0.25, 0.3) is 11.3 Å². The summed E-state index contributed by atoms with van der Waals surface area (Å²) in [5, 5.41) is 0. The van der Waals surface area contributed by atoms with Crippen LogP contribution in [0.15, 0.2) is 34.7 Å². The second-order valence-corrected chi connectivity index (χ2v) is 3.55. The van der Waals surface area contributed by atoms with Gasteiger partial charge in [0.1, 0.15) is 11.6 Å². The number of furan rings is 1. The van der Waals surface area contributed by atoms with Crippen LogP contribution in [-0.2, 0) is 6.18 Å². The predicted molar refractivity (Wildman–Crippen MR) is 54.5 cm³/mol. The van der Waals surface area contributed by atoms with Crippen LogP contribution in [0.4, 0.5) is 17.6 Å². The van der Waals surface area contributed by atoms with E-state index in [1.54, 1.807) is 0 Å². The molecule has 0 atom stereocenters. The van der Waals surface area contributed by atoms with Crippen molar-refractivity contribution in [2.75, 3.05) is 0 Å². The van der Waals surface area contributed by atoms with E-state index in [9.17, 15) is 22.4 Å². The Kier molecular flexibility index (Phi) is 2.94. The fraction of sp³-hybridized carbons (Fsp3) is 0.0833. The molecule has 0 spiro atoms. The van der Waals surface area contributed by atoms with Crippen molar-refractivity contribution < 1.29 is 26.8 Å². The van der Waals surface area contributed by atoms with Gasteiger partial charge < -0.3 is 4.42 Å². The highest BCUT2D eigenvalue weighted by atomic mass is 19.4. The minimum atomic E-state index is -4.64. The standard InChI is InChI=1S/C12H6F4O2/c13-9-4-7(3-8(5-9)12(14,15)16)11-2-1-10(6-17)18-11/h1-6H. The molecule has 2 rings (SSSR count). The Hall–Kier alpha value is -2.11. The first-order valence-corrected chi connectivity index (χ1v) is 4.83. The largest absolute Gasteiger partial charge is 0.453 e. The lowest BCUT2D eigenvalue weighted by Gasteiger charge is -2.08. The summed E-state index contributed by atoms with van der Waals surface area (Å²) >= 11 is 0. The summed E-state index contributed by atoms with van der Waals surface area (Å²) in [5.74, 6) is -1.06. The molecule has 1 aromatic heterocycles. The van der Waals surface area contributed by atoms with Crippen molar-refractivity contribution in [1.82, 2.24) is 0 Å². The molecule has 0 aliphatic heterocycles. The van der Waals surface area contributed by atoms with Gasteiger partial charge in [-0.2, -0.15) is 13.2 Å². The normalized spacial score (nSPS) is 11.6. The number of hydrogen-bond donors (Lipinski definition) is 0. The van der Waals surface area contributed by atoms with Gasteiger partial charge in [0.05, 0.1) is 5.56 Å². The molecule has 1 aromatic carbocycles. The van der Waals surface area contributed by atoms with Gasteiger partial charge in [0.2, 0.25) is 0 Å². The van der Waals surface area contributed by atoms with Crippen molar-refractivity contribution in [3.63, 3.8) is 0 Å². The number of halogens is 4. The lowest BCUT2D eigenvalue weighted by Crippen LogP contribution is -2.05. The van der Waals surface area contributed by atoms with E-state index in [0.717, 1.165) is 12.1 Å². The molecule has 0 N–H and O–H groups in total. The maximum absolute atomic E-state index is 13.1. The third-order valence-electron chi connectivity index (χ3n) is 2.25. The third-order valence-corrected chi connectivity index (χ3v) is 2.25. The number of hydrogen-bond acceptors (Lipinski definition) is 2. The highest BCUT2D eigenvalue weighted by molar-refractivity contribution is 5.72. The SMILES string of the molecule is O=Cc1ccc(-c2cc(F)cc(C(F)(F)F)c2)o1. The Balaban J connectivity index is 2.51. The molecule has 0 unspecified atom stereocenters. The van der Waals surface area contributed by atoms with E-state index in [0.29, 0.717) is 12.4 Å². The average molecular weight is 258 g/mol. The molecule has 2 aromatic rings. The van der Waals surface area contributed by atoms with Gasteiger partial charge in [-0.05, 0) is 30.3 Å². The van der Waals surface area contributed by atoms with Crippen LogP contribution in [0.2, 0.25) is 0 Å². The minimum Gasteiger partial charge on any atom is -0.453 e. The molecule has 94 valence electrons. The number of benzene rings is 1. The van der Waals surface area contributed by atoms with Gasteiger partial charge in [-0.1, -0.05) is 0 Å². The molecule has 0 aliphatic rings. The van der Waals surface area contributed by atoms with Crippen molar-refractivity contribution >= 4 is 6.29 Å². The second kappa shape index (κ2) is 4.29. The summed E-state index contributed by atoms with van der Waals surface area (Å²) in [5.41, 5.74) is -1.18. The Morgan fingerprint density at radius 1 is 1.11 bits per heavy atom. The minimum absolute atomic E-state index is 0.00194. The molecule has 0 bridgehead atoms. The number of alkyl halides is 3. The zero-order chi connectivity index (χ0) is 13.3. The highest BCUT2D eigenvalue weighted by Gasteiger charge is 2.31. The van der Waals surface area contributed by atoms with E-state index in [2.05, 4.69) is 0 Å².